The van der Waals surface area contributed by atoms with Crippen molar-refractivity contribution in [2.75, 3.05) is 6.61 Å². The number of carbonyl (C=O) groups is 1. The van der Waals surface area contributed by atoms with Gasteiger partial charge in [-0.05, 0) is 23.8 Å². The minimum absolute atomic E-state index is 0.0939. The van der Waals surface area contributed by atoms with Gasteiger partial charge in [-0.1, -0.05) is 12.1 Å². The standard InChI is InChI=1S/C16H12F3NO3/c17-11-4-3-9(14(18)15(11)19)8-1-2-10-12(20-16(21)22)5-6-23-13(10)7-8/h1-4,7,12,20H,5-6H2,(H,21,22). The van der Waals surface area contributed by atoms with Crippen molar-refractivity contribution in [3.8, 4) is 16.9 Å². The van der Waals surface area contributed by atoms with Crippen molar-refractivity contribution in [2.24, 2.45) is 0 Å². The van der Waals surface area contributed by atoms with Crippen LogP contribution in [-0.2, 0) is 0 Å². The van der Waals surface area contributed by atoms with Gasteiger partial charge >= 0.3 is 6.09 Å². The van der Waals surface area contributed by atoms with Crippen LogP contribution in [0.2, 0.25) is 0 Å². The first-order valence-electron chi connectivity index (χ1n) is 6.87. The summed E-state index contributed by atoms with van der Waals surface area (Å²) in [5, 5.41) is 11.2. The molecule has 0 fully saturated rings. The van der Waals surface area contributed by atoms with E-state index in [1.807, 2.05) is 0 Å². The fourth-order valence-electron chi connectivity index (χ4n) is 2.60. The van der Waals surface area contributed by atoms with E-state index < -0.39 is 29.6 Å². The van der Waals surface area contributed by atoms with Crippen molar-refractivity contribution >= 4 is 6.09 Å². The topological polar surface area (TPSA) is 58.6 Å². The molecule has 1 aliphatic heterocycles. The molecule has 23 heavy (non-hydrogen) atoms. The Morgan fingerprint density at radius 2 is 1.96 bits per heavy atom. The van der Waals surface area contributed by atoms with Crippen molar-refractivity contribution in [3.05, 3.63) is 53.3 Å². The van der Waals surface area contributed by atoms with Gasteiger partial charge in [0.2, 0.25) is 0 Å². The minimum Gasteiger partial charge on any atom is -0.493 e. The molecule has 1 heterocycles. The zero-order valence-electron chi connectivity index (χ0n) is 11.8. The number of nitrogens with one attached hydrogen (secondary N) is 1. The number of hydrogen-bond acceptors (Lipinski definition) is 2. The maximum absolute atomic E-state index is 13.9. The summed E-state index contributed by atoms with van der Waals surface area (Å²) < 4.78 is 45.7. The zero-order valence-corrected chi connectivity index (χ0v) is 11.8. The maximum atomic E-state index is 13.9. The third-order valence-corrected chi connectivity index (χ3v) is 3.70. The molecular weight excluding hydrogens is 311 g/mol. The average Bonchev–Trinajstić information content (AvgIpc) is 2.52. The summed E-state index contributed by atoms with van der Waals surface area (Å²) in [5.41, 5.74) is 0.838. The Morgan fingerprint density at radius 3 is 2.70 bits per heavy atom. The van der Waals surface area contributed by atoms with E-state index in [0.29, 0.717) is 29.9 Å². The van der Waals surface area contributed by atoms with Gasteiger partial charge in [-0.15, -0.1) is 0 Å². The second kappa shape index (κ2) is 5.83. The summed E-state index contributed by atoms with van der Waals surface area (Å²) in [4.78, 5) is 10.8. The molecule has 3 rings (SSSR count). The Balaban J connectivity index is 2.01. The number of carboxylic acid groups (broad SMARTS) is 1. The molecule has 1 unspecified atom stereocenters. The molecule has 0 aliphatic carbocycles. The van der Waals surface area contributed by atoms with Gasteiger partial charge in [0.25, 0.3) is 0 Å². The predicted molar refractivity (Wildman–Crippen MR) is 75.8 cm³/mol. The number of fused-ring (bicyclic) bond motifs is 1. The molecule has 0 spiro atoms. The van der Waals surface area contributed by atoms with E-state index in [4.69, 9.17) is 9.84 Å². The van der Waals surface area contributed by atoms with Crippen molar-refractivity contribution < 1.29 is 27.8 Å². The third kappa shape index (κ3) is 2.81. The Labute approximate surface area is 129 Å². The van der Waals surface area contributed by atoms with E-state index in [0.717, 1.165) is 12.1 Å². The first-order chi connectivity index (χ1) is 11.0. The fourth-order valence-corrected chi connectivity index (χ4v) is 2.60. The summed E-state index contributed by atoms with van der Waals surface area (Å²) in [5.74, 6) is -3.68. The van der Waals surface area contributed by atoms with Crippen LogP contribution < -0.4 is 10.1 Å². The quantitative estimate of drug-likeness (QED) is 0.825. The molecule has 120 valence electrons. The van der Waals surface area contributed by atoms with Gasteiger partial charge in [0.05, 0.1) is 12.6 Å². The third-order valence-electron chi connectivity index (χ3n) is 3.70. The number of halogens is 3. The van der Waals surface area contributed by atoms with Gasteiger partial charge in [0.1, 0.15) is 5.75 Å². The molecule has 1 aliphatic rings. The summed E-state index contributed by atoms with van der Waals surface area (Å²) in [6.07, 6.45) is -0.684. The van der Waals surface area contributed by atoms with E-state index in [-0.39, 0.29) is 5.56 Å². The summed E-state index contributed by atoms with van der Waals surface area (Å²) in [7, 11) is 0. The molecule has 7 heteroatoms. The number of benzene rings is 2. The average molecular weight is 323 g/mol. The molecule has 0 bridgehead atoms. The fraction of sp³-hybridized carbons (Fsp3) is 0.188. The van der Waals surface area contributed by atoms with Crippen molar-refractivity contribution in [1.82, 2.24) is 5.32 Å². The highest BCUT2D eigenvalue weighted by molar-refractivity contribution is 5.69. The van der Waals surface area contributed by atoms with Gasteiger partial charge in [0.15, 0.2) is 17.5 Å². The van der Waals surface area contributed by atoms with Crippen LogP contribution in [0, 0.1) is 17.5 Å². The van der Waals surface area contributed by atoms with Crippen LogP contribution in [-0.4, -0.2) is 17.8 Å². The summed E-state index contributed by atoms with van der Waals surface area (Å²) >= 11 is 0. The summed E-state index contributed by atoms with van der Waals surface area (Å²) in [6.45, 7) is 0.293. The molecule has 2 aromatic carbocycles. The number of rotatable bonds is 2. The summed E-state index contributed by atoms with van der Waals surface area (Å²) in [6, 6.07) is 6.15. The van der Waals surface area contributed by atoms with Crippen LogP contribution in [0.4, 0.5) is 18.0 Å². The van der Waals surface area contributed by atoms with E-state index in [9.17, 15) is 18.0 Å². The lowest BCUT2D eigenvalue weighted by Crippen LogP contribution is -2.30. The van der Waals surface area contributed by atoms with Crippen molar-refractivity contribution in [2.45, 2.75) is 12.5 Å². The normalized spacial score (nSPS) is 16.4. The lowest BCUT2D eigenvalue weighted by atomic mass is 9.96. The molecule has 0 saturated carbocycles. The monoisotopic (exact) mass is 323 g/mol. The number of amides is 1. The molecule has 0 aromatic heterocycles. The highest BCUT2D eigenvalue weighted by Crippen LogP contribution is 2.36. The molecule has 1 amide bonds. The van der Waals surface area contributed by atoms with E-state index in [1.54, 1.807) is 6.07 Å². The van der Waals surface area contributed by atoms with E-state index in [2.05, 4.69) is 5.32 Å². The predicted octanol–water partition coefficient (Wildman–Crippen LogP) is 3.86. The Bertz CT molecular complexity index is 779. The molecular formula is C16H12F3NO3. The number of hydrogen-bond donors (Lipinski definition) is 2. The molecule has 2 aromatic rings. The Kier molecular flexibility index (Phi) is 3.85. The lowest BCUT2D eigenvalue weighted by molar-refractivity contribution is 0.182. The molecule has 0 saturated heterocycles. The highest BCUT2D eigenvalue weighted by Gasteiger charge is 2.24. The van der Waals surface area contributed by atoms with Crippen LogP contribution in [0.15, 0.2) is 30.3 Å². The van der Waals surface area contributed by atoms with Crippen LogP contribution in [0.3, 0.4) is 0 Å². The van der Waals surface area contributed by atoms with Gasteiger partial charge < -0.3 is 15.2 Å². The molecule has 0 radical (unpaired) electrons. The van der Waals surface area contributed by atoms with E-state index >= 15 is 0 Å². The van der Waals surface area contributed by atoms with E-state index in [1.165, 1.54) is 12.1 Å². The molecule has 2 N–H and O–H groups in total. The van der Waals surface area contributed by atoms with Crippen LogP contribution >= 0.6 is 0 Å². The Morgan fingerprint density at radius 1 is 1.17 bits per heavy atom. The van der Waals surface area contributed by atoms with Gasteiger partial charge in [0, 0.05) is 17.5 Å². The maximum Gasteiger partial charge on any atom is 0.405 e. The molecule has 1 atom stereocenters. The van der Waals surface area contributed by atoms with Crippen LogP contribution in [0.25, 0.3) is 11.1 Å². The van der Waals surface area contributed by atoms with Gasteiger partial charge in [-0.2, -0.15) is 0 Å². The van der Waals surface area contributed by atoms with Gasteiger partial charge in [-0.3, -0.25) is 0 Å². The van der Waals surface area contributed by atoms with Crippen molar-refractivity contribution in [3.63, 3.8) is 0 Å². The lowest BCUT2D eigenvalue weighted by Gasteiger charge is -2.26. The van der Waals surface area contributed by atoms with Crippen LogP contribution in [0.5, 0.6) is 5.75 Å². The minimum atomic E-state index is -1.54. The second-order valence-electron chi connectivity index (χ2n) is 5.11. The molecule has 4 nitrogen and oxygen atoms in total. The highest BCUT2D eigenvalue weighted by atomic mass is 19.2. The smallest absolute Gasteiger partial charge is 0.405 e. The number of ether oxygens (including phenoxy) is 1. The largest absolute Gasteiger partial charge is 0.493 e. The van der Waals surface area contributed by atoms with Crippen molar-refractivity contribution in [1.29, 1.82) is 0 Å². The zero-order chi connectivity index (χ0) is 16.6. The SMILES string of the molecule is O=C(O)NC1CCOc2cc(-c3ccc(F)c(F)c3F)ccc21. The van der Waals surface area contributed by atoms with Gasteiger partial charge in [-0.25, -0.2) is 18.0 Å². The first kappa shape index (κ1) is 15.2. The Hall–Kier alpha value is -2.70. The second-order valence-corrected chi connectivity index (χ2v) is 5.11. The van der Waals surface area contributed by atoms with Crippen LogP contribution in [0.1, 0.15) is 18.0 Å². The first-order valence-corrected chi connectivity index (χ1v) is 6.87.